The number of hydrogen-bond donors (Lipinski definition) is 1. The van der Waals surface area contributed by atoms with Gasteiger partial charge >= 0.3 is 0 Å². The lowest BCUT2D eigenvalue weighted by molar-refractivity contribution is 0.322. The van der Waals surface area contributed by atoms with Gasteiger partial charge in [0.1, 0.15) is 17.1 Å². The van der Waals surface area contributed by atoms with E-state index < -0.39 is 0 Å². The van der Waals surface area contributed by atoms with Gasteiger partial charge in [0.25, 0.3) is 0 Å². The fraction of sp³-hybridized carbons (Fsp3) is 0.318. The Kier molecular flexibility index (Phi) is 4.96. The summed E-state index contributed by atoms with van der Waals surface area (Å²) >= 11 is 0. The quantitative estimate of drug-likeness (QED) is 0.714. The Morgan fingerprint density at radius 3 is 2.54 bits per heavy atom. The van der Waals surface area contributed by atoms with Gasteiger partial charge in [-0.15, -0.1) is 0 Å². The molecule has 146 valence electrons. The number of phenolic OH excluding ortho intramolecular Hbond substituents is 1. The summed E-state index contributed by atoms with van der Waals surface area (Å²) in [6.45, 7) is 4.20. The van der Waals surface area contributed by atoms with Gasteiger partial charge in [0.2, 0.25) is 11.2 Å². The minimum absolute atomic E-state index is 0.120. The third-order valence-electron chi connectivity index (χ3n) is 5.12. The van der Waals surface area contributed by atoms with Crippen LogP contribution in [0, 0.1) is 6.92 Å². The highest BCUT2D eigenvalue weighted by Crippen LogP contribution is 2.34. The van der Waals surface area contributed by atoms with Crippen LogP contribution in [0.1, 0.15) is 24.2 Å². The number of aryl methyl sites for hydroxylation is 1. The summed E-state index contributed by atoms with van der Waals surface area (Å²) in [5.41, 5.74) is 0.789. The van der Waals surface area contributed by atoms with Crippen LogP contribution in [-0.4, -0.2) is 30.2 Å². The van der Waals surface area contributed by atoms with Crippen LogP contribution in [0.2, 0.25) is 0 Å². The Balaban J connectivity index is 1.80. The minimum Gasteiger partial charge on any atom is -0.507 e. The van der Waals surface area contributed by atoms with Crippen molar-refractivity contribution in [1.82, 2.24) is 4.90 Å². The van der Waals surface area contributed by atoms with Crippen LogP contribution >= 0.6 is 0 Å². The highest BCUT2D eigenvalue weighted by molar-refractivity contribution is 5.83. The molecule has 0 atom stereocenters. The predicted octanol–water partition coefficient (Wildman–Crippen LogP) is 4.20. The van der Waals surface area contributed by atoms with Crippen LogP contribution in [0.3, 0.4) is 0 Å². The summed E-state index contributed by atoms with van der Waals surface area (Å²) in [5, 5.41) is 10.8. The number of likely N-dealkylation sites (tertiary alicyclic amines) is 1. The molecule has 6 nitrogen and oxygen atoms in total. The topological polar surface area (TPSA) is 72.1 Å². The van der Waals surface area contributed by atoms with Gasteiger partial charge in [-0.3, -0.25) is 9.69 Å². The average molecular weight is 381 g/mol. The summed E-state index contributed by atoms with van der Waals surface area (Å²) in [4.78, 5) is 15.4. The third kappa shape index (κ3) is 3.31. The van der Waals surface area contributed by atoms with E-state index >= 15 is 0 Å². The molecule has 4 rings (SSSR count). The van der Waals surface area contributed by atoms with Crippen LogP contribution in [0.15, 0.2) is 45.6 Å². The van der Waals surface area contributed by atoms with Crippen LogP contribution in [0.4, 0.5) is 0 Å². The molecule has 0 amide bonds. The van der Waals surface area contributed by atoms with E-state index in [0.29, 0.717) is 40.3 Å². The SMILES string of the molecule is COc1ccccc1Oc1c(C)oc2c(CN3CCCC3)c(O)ccc2c1=O. The van der Waals surface area contributed by atoms with E-state index in [0.717, 1.165) is 25.9 Å². The fourth-order valence-electron chi connectivity index (χ4n) is 3.64. The van der Waals surface area contributed by atoms with Crippen LogP contribution < -0.4 is 14.9 Å². The smallest absolute Gasteiger partial charge is 0.235 e. The summed E-state index contributed by atoms with van der Waals surface area (Å²) in [6, 6.07) is 10.3. The van der Waals surface area contributed by atoms with E-state index in [-0.39, 0.29) is 16.9 Å². The maximum absolute atomic E-state index is 13.1. The molecule has 1 aliphatic heterocycles. The van der Waals surface area contributed by atoms with Crippen molar-refractivity contribution in [1.29, 1.82) is 0 Å². The molecule has 0 aliphatic carbocycles. The number of rotatable bonds is 5. The molecule has 0 spiro atoms. The summed E-state index contributed by atoms with van der Waals surface area (Å²) < 4.78 is 17.2. The second-order valence-corrected chi connectivity index (χ2v) is 6.99. The van der Waals surface area contributed by atoms with E-state index in [1.54, 1.807) is 38.3 Å². The molecule has 2 aromatic carbocycles. The molecule has 6 heteroatoms. The second kappa shape index (κ2) is 7.56. The van der Waals surface area contributed by atoms with Crippen molar-refractivity contribution < 1.29 is 19.0 Å². The van der Waals surface area contributed by atoms with E-state index in [4.69, 9.17) is 13.9 Å². The second-order valence-electron chi connectivity index (χ2n) is 6.99. The number of para-hydroxylation sites is 2. The highest BCUT2D eigenvalue weighted by Gasteiger charge is 2.21. The normalized spacial score (nSPS) is 14.5. The van der Waals surface area contributed by atoms with Crippen LogP contribution in [-0.2, 0) is 6.54 Å². The molecule has 0 saturated carbocycles. The van der Waals surface area contributed by atoms with Crippen molar-refractivity contribution in [3.8, 4) is 23.0 Å². The Morgan fingerprint density at radius 2 is 1.82 bits per heavy atom. The molecular weight excluding hydrogens is 358 g/mol. The number of phenols is 1. The Labute approximate surface area is 162 Å². The molecule has 0 unspecified atom stereocenters. The molecule has 0 bridgehead atoms. The largest absolute Gasteiger partial charge is 0.507 e. The zero-order chi connectivity index (χ0) is 19.7. The Morgan fingerprint density at radius 1 is 1.11 bits per heavy atom. The standard InChI is InChI=1S/C22H23NO5/c1-14-21(28-19-8-4-3-7-18(19)26-2)20(25)15-9-10-17(24)16(22(15)27-14)13-23-11-5-6-12-23/h3-4,7-10,24H,5-6,11-13H2,1-2H3. The Hall–Kier alpha value is -2.99. The van der Waals surface area contributed by atoms with Gasteiger partial charge < -0.3 is 19.0 Å². The number of aromatic hydroxyl groups is 1. The number of ether oxygens (including phenoxy) is 2. The van der Waals surface area contributed by atoms with Crippen molar-refractivity contribution in [2.45, 2.75) is 26.3 Å². The number of hydrogen-bond acceptors (Lipinski definition) is 6. The molecule has 28 heavy (non-hydrogen) atoms. The van der Waals surface area contributed by atoms with E-state index in [9.17, 15) is 9.90 Å². The van der Waals surface area contributed by atoms with E-state index in [2.05, 4.69) is 4.90 Å². The first-order chi connectivity index (χ1) is 13.6. The Bertz CT molecular complexity index is 1070. The molecule has 1 aliphatic rings. The van der Waals surface area contributed by atoms with Gasteiger partial charge in [0.15, 0.2) is 11.5 Å². The lowest BCUT2D eigenvalue weighted by atomic mass is 10.1. The number of benzene rings is 2. The molecular formula is C22H23NO5. The van der Waals surface area contributed by atoms with Crippen LogP contribution in [0.5, 0.6) is 23.0 Å². The molecule has 2 heterocycles. The molecule has 1 fully saturated rings. The van der Waals surface area contributed by atoms with E-state index in [1.165, 1.54) is 0 Å². The van der Waals surface area contributed by atoms with Crippen LogP contribution in [0.25, 0.3) is 11.0 Å². The van der Waals surface area contributed by atoms with Gasteiger partial charge in [-0.05, 0) is 57.1 Å². The van der Waals surface area contributed by atoms with Gasteiger partial charge in [0, 0.05) is 6.54 Å². The monoisotopic (exact) mass is 381 g/mol. The minimum atomic E-state index is -0.271. The first-order valence-corrected chi connectivity index (χ1v) is 9.40. The van der Waals surface area contributed by atoms with Crippen molar-refractivity contribution in [3.63, 3.8) is 0 Å². The van der Waals surface area contributed by atoms with E-state index in [1.807, 2.05) is 12.1 Å². The third-order valence-corrected chi connectivity index (χ3v) is 5.12. The van der Waals surface area contributed by atoms with Crippen molar-refractivity contribution in [2.24, 2.45) is 0 Å². The lowest BCUT2D eigenvalue weighted by Crippen LogP contribution is -2.19. The molecule has 1 aromatic heterocycles. The van der Waals surface area contributed by atoms with Gasteiger partial charge in [-0.1, -0.05) is 12.1 Å². The first-order valence-electron chi connectivity index (χ1n) is 9.40. The predicted molar refractivity (Wildman–Crippen MR) is 106 cm³/mol. The summed E-state index contributed by atoms with van der Waals surface area (Å²) in [6.07, 6.45) is 2.29. The fourth-order valence-corrected chi connectivity index (χ4v) is 3.64. The maximum Gasteiger partial charge on any atom is 0.235 e. The molecule has 0 radical (unpaired) electrons. The number of nitrogens with zero attached hydrogens (tertiary/aromatic N) is 1. The number of methoxy groups -OCH3 is 1. The average Bonchev–Trinajstić information content (AvgIpc) is 3.21. The van der Waals surface area contributed by atoms with Gasteiger partial charge in [0.05, 0.1) is 18.1 Å². The van der Waals surface area contributed by atoms with Gasteiger partial charge in [-0.2, -0.15) is 0 Å². The zero-order valence-corrected chi connectivity index (χ0v) is 16.0. The van der Waals surface area contributed by atoms with Crippen molar-refractivity contribution in [3.05, 3.63) is 57.9 Å². The van der Waals surface area contributed by atoms with Gasteiger partial charge in [-0.25, -0.2) is 0 Å². The maximum atomic E-state index is 13.1. The molecule has 3 aromatic rings. The first kappa shape index (κ1) is 18.4. The zero-order valence-electron chi connectivity index (χ0n) is 16.0. The van der Waals surface area contributed by atoms with Crippen molar-refractivity contribution >= 4 is 11.0 Å². The highest BCUT2D eigenvalue weighted by atomic mass is 16.5. The number of fused-ring (bicyclic) bond motifs is 1. The summed E-state index contributed by atoms with van der Waals surface area (Å²) in [7, 11) is 1.55. The van der Waals surface area contributed by atoms with Crippen molar-refractivity contribution in [2.75, 3.05) is 20.2 Å². The summed E-state index contributed by atoms with van der Waals surface area (Å²) in [5.74, 6) is 1.59. The molecule has 1 N–H and O–H groups in total. The lowest BCUT2D eigenvalue weighted by Gasteiger charge is -2.17. The molecule has 1 saturated heterocycles.